The van der Waals surface area contributed by atoms with E-state index in [0.29, 0.717) is 11.7 Å². The van der Waals surface area contributed by atoms with Gasteiger partial charge in [-0.1, -0.05) is 37.3 Å². The molecule has 0 saturated carbocycles. The van der Waals surface area contributed by atoms with Gasteiger partial charge in [-0.3, -0.25) is 4.79 Å². The van der Waals surface area contributed by atoms with E-state index in [-0.39, 0.29) is 23.7 Å². The van der Waals surface area contributed by atoms with Crippen LogP contribution in [0.2, 0.25) is 0 Å². The van der Waals surface area contributed by atoms with Gasteiger partial charge in [0.1, 0.15) is 5.76 Å². The van der Waals surface area contributed by atoms with Crippen molar-refractivity contribution in [1.82, 2.24) is 0 Å². The van der Waals surface area contributed by atoms with Crippen LogP contribution < -0.4 is 0 Å². The second-order valence-electron chi connectivity index (χ2n) is 4.52. The number of allylic oxidation sites excluding steroid dienone is 5. The van der Waals surface area contributed by atoms with Gasteiger partial charge in [0, 0.05) is 17.8 Å². The third-order valence-corrected chi connectivity index (χ3v) is 3.85. The van der Waals surface area contributed by atoms with Crippen LogP contribution >= 0.6 is 0 Å². The first kappa shape index (κ1) is 8.96. The van der Waals surface area contributed by atoms with E-state index in [1.54, 1.807) is 0 Å². The number of hydrogen-bond donors (Lipinski definition) is 0. The lowest BCUT2D eigenvalue weighted by Gasteiger charge is -2.37. The molecule has 1 saturated heterocycles. The van der Waals surface area contributed by atoms with Gasteiger partial charge < -0.3 is 4.74 Å². The first-order valence-corrected chi connectivity index (χ1v) is 5.51. The standard InChI is InChI=1S/C13H14O2/c1-3-8-6-9-4-5-10(8)12-11(9)7(2)15-13(12)14/h4-6,9-12H,2-3H2,1H3. The molecule has 2 nitrogen and oxygen atoms in total. The first-order valence-electron chi connectivity index (χ1n) is 5.51. The molecule has 78 valence electrons. The zero-order chi connectivity index (χ0) is 10.6. The fourth-order valence-electron chi connectivity index (χ4n) is 3.15. The van der Waals surface area contributed by atoms with Crippen molar-refractivity contribution in [3.8, 4) is 0 Å². The third-order valence-electron chi connectivity index (χ3n) is 3.85. The molecule has 15 heavy (non-hydrogen) atoms. The second-order valence-corrected chi connectivity index (χ2v) is 4.52. The molecule has 4 rings (SSSR count). The number of hydrogen-bond acceptors (Lipinski definition) is 2. The smallest absolute Gasteiger partial charge is 0.315 e. The quantitative estimate of drug-likeness (QED) is 0.482. The maximum Gasteiger partial charge on any atom is 0.315 e. The molecule has 3 aliphatic carbocycles. The van der Waals surface area contributed by atoms with E-state index in [4.69, 9.17) is 4.74 Å². The molecule has 2 bridgehead atoms. The predicted molar refractivity (Wildman–Crippen MR) is 56.7 cm³/mol. The Morgan fingerprint density at radius 3 is 2.93 bits per heavy atom. The molecule has 0 radical (unpaired) electrons. The number of cyclic esters (lactones) is 1. The van der Waals surface area contributed by atoms with Gasteiger partial charge in [0.25, 0.3) is 0 Å². The van der Waals surface area contributed by atoms with Crippen molar-refractivity contribution in [2.45, 2.75) is 13.3 Å². The summed E-state index contributed by atoms with van der Waals surface area (Å²) >= 11 is 0. The molecule has 0 aromatic rings. The van der Waals surface area contributed by atoms with E-state index < -0.39 is 0 Å². The largest absolute Gasteiger partial charge is 0.431 e. The normalized spacial score (nSPS) is 41.5. The minimum atomic E-state index is -0.0802. The van der Waals surface area contributed by atoms with Crippen LogP contribution in [-0.4, -0.2) is 5.97 Å². The Labute approximate surface area is 89.3 Å². The maximum absolute atomic E-state index is 11.7. The summed E-state index contributed by atoms with van der Waals surface area (Å²) < 4.78 is 5.18. The Hall–Kier alpha value is -1.31. The molecule has 1 heterocycles. The highest BCUT2D eigenvalue weighted by atomic mass is 16.5. The summed E-state index contributed by atoms with van der Waals surface area (Å²) in [6.45, 7) is 6.00. The first-order chi connectivity index (χ1) is 7.22. The second kappa shape index (κ2) is 2.84. The highest BCUT2D eigenvalue weighted by Crippen LogP contribution is 2.51. The number of rotatable bonds is 1. The Morgan fingerprint density at radius 1 is 1.40 bits per heavy atom. The summed E-state index contributed by atoms with van der Waals surface area (Å²) in [6.07, 6.45) is 7.68. The van der Waals surface area contributed by atoms with Crippen molar-refractivity contribution < 1.29 is 9.53 Å². The molecule has 1 fully saturated rings. The Kier molecular flexibility index (Phi) is 1.70. The van der Waals surface area contributed by atoms with Crippen molar-refractivity contribution in [2.24, 2.45) is 23.7 Å². The minimum Gasteiger partial charge on any atom is -0.431 e. The van der Waals surface area contributed by atoms with Gasteiger partial charge in [-0.15, -0.1) is 0 Å². The summed E-state index contributed by atoms with van der Waals surface area (Å²) in [5, 5.41) is 0. The topological polar surface area (TPSA) is 26.3 Å². The van der Waals surface area contributed by atoms with Gasteiger partial charge in [0.05, 0.1) is 5.92 Å². The van der Waals surface area contributed by atoms with Crippen molar-refractivity contribution in [3.63, 3.8) is 0 Å². The number of esters is 1. The van der Waals surface area contributed by atoms with Crippen LogP contribution in [0.3, 0.4) is 0 Å². The van der Waals surface area contributed by atoms with Gasteiger partial charge in [-0.25, -0.2) is 0 Å². The molecular weight excluding hydrogens is 188 g/mol. The Bertz CT molecular complexity index is 403. The molecule has 0 spiro atoms. The molecule has 0 N–H and O–H groups in total. The van der Waals surface area contributed by atoms with Gasteiger partial charge in [0.15, 0.2) is 0 Å². The third kappa shape index (κ3) is 1.02. The molecule has 1 aliphatic heterocycles. The summed E-state index contributed by atoms with van der Waals surface area (Å²) in [5.41, 5.74) is 1.38. The van der Waals surface area contributed by atoms with E-state index in [2.05, 4.69) is 31.7 Å². The van der Waals surface area contributed by atoms with Crippen LogP contribution in [0, 0.1) is 23.7 Å². The average molecular weight is 202 g/mol. The highest BCUT2D eigenvalue weighted by Gasteiger charge is 2.51. The SMILES string of the molecule is C=C1OC(=O)C2C3C=CC(C=C3CC)C12. The highest BCUT2D eigenvalue weighted by molar-refractivity contribution is 5.79. The molecule has 4 unspecified atom stereocenters. The van der Waals surface area contributed by atoms with E-state index >= 15 is 0 Å². The van der Waals surface area contributed by atoms with Crippen LogP contribution in [0.4, 0.5) is 0 Å². The van der Waals surface area contributed by atoms with E-state index in [9.17, 15) is 4.79 Å². The summed E-state index contributed by atoms with van der Waals surface area (Å²) in [7, 11) is 0. The lowest BCUT2D eigenvalue weighted by molar-refractivity contribution is -0.140. The summed E-state index contributed by atoms with van der Waals surface area (Å²) in [6, 6.07) is 0. The molecule has 0 aromatic carbocycles. The average Bonchev–Trinajstić information content (AvgIpc) is 2.57. The van der Waals surface area contributed by atoms with E-state index in [1.165, 1.54) is 5.57 Å². The molecule has 0 amide bonds. The minimum absolute atomic E-state index is 0.00690. The van der Waals surface area contributed by atoms with Crippen LogP contribution in [0.1, 0.15) is 13.3 Å². The molecule has 2 heteroatoms. The Balaban J connectivity index is 2.08. The van der Waals surface area contributed by atoms with Crippen molar-refractivity contribution in [1.29, 1.82) is 0 Å². The number of carbonyl (C=O) groups excluding carboxylic acids is 1. The van der Waals surface area contributed by atoms with Crippen LogP contribution in [-0.2, 0) is 9.53 Å². The van der Waals surface area contributed by atoms with Crippen molar-refractivity contribution in [2.75, 3.05) is 0 Å². The fourth-order valence-corrected chi connectivity index (χ4v) is 3.15. The zero-order valence-electron chi connectivity index (χ0n) is 8.77. The fraction of sp³-hybridized carbons (Fsp3) is 0.462. The number of ether oxygens (including phenoxy) is 1. The zero-order valence-corrected chi connectivity index (χ0v) is 8.77. The van der Waals surface area contributed by atoms with E-state index in [1.807, 2.05) is 0 Å². The van der Waals surface area contributed by atoms with Crippen molar-refractivity contribution >= 4 is 5.97 Å². The summed E-state index contributed by atoms with van der Waals surface area (Å²) in [5.74, 6) is 1.38. The van der Waals surface area contributed by atoms with Crippen molar-refractivity contribution in [3.05, 3.63) is 36.1 Å². The lowest BCUT2D eigenvalue weighted by atomic mass is 9.63. The lowest BCUT2D eigenvalue weighted by Crippen LogP contribution is -2.36. The van der Waals surface area contributed by atoms with Gasteiger partial charge >= 0.3 is 5.97 Å². The molecule has 0 aromatic heterocycles. The maximum atomic E-state index is 11.7. The van der Waals surface area contributed by atoms with Gasteiger partial charge in [-0.2, -0.15) is 0 Å². The number of carbonyl (C=O) groups is 1. The molecule has 4 aliphatic rings. The van der Waals surface area contributed by atoms with Crippen LogP contribution in [0.15, 0.2) is 36.1 Å². The van der Waals surface area contributed by atoms with Gasteiger partial charge in [0.2, 0.25) is 0 Å². The monoisotopic (exact) mass is 202 g/mol. The van der Waals surface area contributed by atoms with Crippen LogP contribution in [0.25, 0.3) is 0 Å². The molecule has 4 atom stereocenters. The van der Waals surface area contributed by atoms with Gasteiger partial charge in [-0.05, 0) is 6.42 Å². The summed E-state index contributed by atoms with van der Waals surface area (Å²) in [4.78, 5) is 11.7. The predicted octanol–water partition coefficient (Wildman–Crippen LogP) is 2.44. The molecular formula is C13H14O2. The Morgan fingerprint density at radius 2 is 2.20 bits per heavy atom. The van der Waals surface area contributed by atoms with Crippen LogP contribution in [0.5, 0.6) is 0 Å². The van der Waals surface area contributed by atoms with E-state index in [0.717, 1.165) is 6.42 Å².